The Morgan fingerprint density at radius 2 is 2.02 bits per heavy atom. The molecule has 0 bridgehead atoms. The standard InChI is InChI=1S/C37H41N8O6P/c1-4-21(2)45(34(48)17-40-52-20-46)18-32-41-28-10-8-22-13-27-25-9-7-23(12-24(25)19-51-31(27)14-26(22)35(28)43-32)29-15-38-36(42-29)30-6-5-11-44(30)33(47)16-39-37(49)50-3/h7-10,12-15,20-21,30,40,52H,4-6,11,16-19H2,1-3H3,(H,38,42)(H,39,49)(H,41,43)/t21-,30-/m0/s1. The number of carbonyl (C=O) groups excluding carboxylic acids is 4. The lowest BCUT2D eigenvalue weighted by Crippen LogP contribution is -2.41. The van der Waals surface area contributed by atoms with Gasteiger partial charge in [0.15, 0.2) is 6.03 Å². The molecule has 15 heteroatoms. The van der Waals surface area contributed by atoms with Crippen LogP contribution in [0.1, 0.15) is 56.4 Å². The highest BCUT2D eigenvalue weighted by molar-refractivity contribution is 7.52. The van der Waals surface area contributed by atoms with Crippen molar-refractivity contribution >= 4 is 54.5 Å². The van der Waals surface area contributed by atoms with Crippen molar-refractivity contribution in [3.05, 3.63) is 65.9 Å². The van der Waals surface area contributed by atoms with Crippen LogP contribution in [0.2, 0.25) is 0 Å². The Hall–Kier alpha value is -5.33. The van der Waals surface area contributed by atoms with E-state index in [0.717, 1.165) is 80.8 Å². The molecule has 2 aliphatic rings. The lowest BCUT2D eigenvalue weighted by atomic mass is 9.92. The molecule has 0 spiro atoms. The van der Waals surface area contributed by atoms with Crippen molar-refractivity contribution in [3.63, 3.8) is 0 Å². The Labute approximate surface area is 301 Å². The molecule has 2 aromatic heterocycles. The van der Waals surface area contributed by atoms with Crippen molar-refractivity contribution in [3.8, 4) is 28.1 Å². The number of amides is 3. The van der Waals surface area contributed by atoms with Crippen LogP contribution in [0, 0.1) is 0 Å². The Morgan fingerprint density at radius 1 is 1.15 bits per heavy atom. The van der Waals surface area contributed by atoms with E-state index in [9.17, 15) is 19.2 Å². The summed E-state index contributed by atoms with van der Waals surface area (Å²) in [6.07, 6.45) is 3.58. The number of aromatic nitrogens is 4. The number of nitrogens with zero attached hydrogens (tertiary/aromatic N) is 4. The van der Waals surface area contributed by atoms with Crippen LogP contribution in [0.4, 0.5) is 4.79 Å². The van der Waals surface area contributed by atoms with Crippen LogP contribution in [0.25, 0.3) is 44.2 Å². The van der Waals surface area contributed by atoms with Gasteiger partial charge in [-0.1, -0.05) is 25.1 Å². The Morgan fingerprint density at radius 3 is 2.83 bits per heavy atom. The molecule has 3 amide bonds. The lowest BCUT2D eigenvalue weighted by Gasteiger charge is -2.28. The molecule has 2 aliphatic heterocycles. The minimum Gasteiger partial charge on any atom is -0.488 e. The fraction of sp³-hybridized carbons (Fsp3) is 0.351. The van der Waals surface area contributed by atoms with Gasteiger partial charge in [-0.15, -0.1) is 0 Å². The van der Waals surface area contributed by atoms with Gasteiger partial charge in [-0.2, -0.15) is 0 Å². The van der Waals surface area contributed by atoms with Gasteiger partial charge >= 0.3 is 6.09 Å². The number of aromatic amines is 2. The molecule has 0 aliphatic carbocycles. The van der Waals surface area contributed by atoms with Crippen molar-refractivity contribution in [1.82, 2.24) is 40.1 Å². The monoisotopic (exact) mass is 724 g/mol. The van der Waals surface area contributed by atoms with Crippen LogP contribution in [0.15, 0.2) is 48.7 Å². The molecule has 3 atom stereocenters. The molecule has 52 heavy (non-hydrogen) atoms. The molecule has 4 N–H and O–H groups in total. The Kier molecular flexibility index (Phi) is 10.2. The van der Waals surface area contributed by atoms with Crippen molar-refractivity contribution in [2.75, 3.05) is 26.7 Å². The molecule has 1 saturated heterocycles. The first-order chi connectivity index (χ1) is 25.3. The van der Waals surface area contributed by atoms with Gasteiger partial charge in [0.05, 0.1) is 49.2 Å². The number of benzene rings is 3. The Balaban J connectivity index is 1.11. The van der Waals surface area contributed by atoms with E-state index in [2.05, 4.69) is 66.5 Å². The third-order valence-electron chi connectivity index (χ3n) is 9.93. The first-order valence-electron chi connectivity index (χ1n) is 17.4. The van der Waals surface area contributed by atoms with Crippen LogP contribution >= 0.6 is 8.73 Å². The smallest absolute Gasteiger partial charge is 0.407 e. The van der Waals surface area contributed by atoms with Gasteiger partial charge in [0.1, 0.15) is 30.5 Å². The predicted octanol–water partition coefficient (Wildman–Crippen LogP) is 5.19. The lowest BCUT2D eigenvalue weighted by molar-refractivity contribution is -0.133. The summed E-state index contributed by atoms with van der Waals surface area (Å²) in [6, 6.07) is 15.1. The third kappa shape index (κ3) is 6.96. The van der Waals surface area contributed by atoms with E-state index in [1.54, 1.807) is 16.0 Å². The number of hydrogen-bond donors (Lipinski definition) is 4. The maximum absolute atomic E-state index is 13.0. The van der Waals surface area contributed by atoms with Gasteiger partial charge < -0.3 is 34.6 Å². The predicted molar refractivity (Wildman–Crippen MR) is 198 cm³/mol. The largest absolute Gasteiger partial charge is 0.488 e. The number of hydrogen-bond acceptors (Lipinski definition) is 9. The molecule has 4 heterocycles. The van der Waals surface area contributed by atoms with E-state index in [4.69, 9.17) is 9.72 Å². The average molecular weight is 725 g/mol. The molecule has 1 fully saturated rings. The number of methoxy groups -OCH3 is 1. The van der Waals surface area contributed by atoms with Gasteiger partial charge in [-0.05, 0) is 72.5 Å². The summed E-state index contributed by atoms with van der Waals surface area (Å²) in [5.41, 5.74) is 6.64. The summed E-state index contributed by atoms with van der Waals surface area (Å²) in [5, 5.41) is 7.38. The van der Waals surface area contributed by atoms with Crippen LogP contribution in [0.5, 0.6) is 5.75 Å². The first kappa shape index (κ1) is 35.1. The van der Waals surface area contributed by atoms with Crippen LogP contribution < -0.4 is 15.1 Å². The second-order valence-electron chi connectivity index (χ2n) is 13.0. The van der Waals surface area contributed by atoms with E-state index in [1.807, 2.05) is 19.9 Å². The van der Waals surface area contributed by atoms with Gasteiger partial charge in [0.2, 0.25) is 11.8 Å². The highest BCUT2D eigenvalue weighted by Gasteiger charge is 2.32. The van der Waals surface area contributed by atoms with E-state index >= 15 is 0 Å². The molecule has 5 aromatic rings. The number of likely N-dealkylation sites (tertiary alicyclic amines) is 1. The molecular formula is C37H41N8O6P. The van der Waals surface area contributed by atoms with Gasteiger partial charge in [-0.3, -0.25) is 19.5 Å². The van der Waals surface area contributed by atoms with Crippen molar-refractivity contribution in [2.45, 2.75) is 58.3 Å². The SMILES string of the molecule is CC[C@H](C)N(Cc1nc2ccc3cc4c(cc3c2[nH]1)OCc1cc(-c2cnc([C@@H]3CCCN3C(=O)CNC(=O)OC)[nH]2)ccc1-4)C(=O)CNPC=O. The third-order valence-corrected chi connectivity index (χ3v) is 10.4. The number of fused-ring (bicyclic) bond motifs is 6. The van der Waals surface area contributed by atoms with E-state index < -0.39 is 6.09 Å². The maximum atomic E-state index is 13.0. The summed E-state index contributed by atoms with van der Waals surface area (Å²) >= 11 is 0. The molecule has 3 aromatic carbocycles. The number of rotatable bonds is 12. The summed E-state index contributed by atoms with van der Waals surface area (Å²) in [6.45, 7) is 5.35. The number of imidazole rings is 2. The quantitative estimate of drug-likeness (QED) is 0.0768. The Bertz CT molecular complexity index is 2160. The number of nitrogens with one attached hydrogen (secondary N) is 4. The zero-order valence-corrected chi connectivity index (χ0v) is 30.2. The normalized spacial score (nSPS) is 15.8. The maximum Gasteiger partial charge on any atom is 0.407 e. The minimum atomic E-state index is -0.640. The van der Waals surface area contributed by atoms with E-state index in [0.29, 0.717) is 31.3 Å². The summed E-state index contributed by atoms with van der Waals surface area (Å²) in [5.74, 6) is 1.92. The molecule has 1 unspecified atom stereocenters. The summed E-state index contributed by atoms with van der Waals surface area (Å²) in [7, 11) is 1.15. The highest BCUT2D eigenvalue weighted by atomic mass is 31.1. The number of alkyl carbamates (subject to hydrolysis) is 1. The van der Waals surface area contributed by atoms with Crippen molar-refractivity contribution in [2.24, 2.45) is 0 Å². The second kappa shape index (κ2) is 15.1. The van der Waals surface area contributed by atoms with Gasteiger partial charge in [-0.25, -0.2) is 14.8 Å². The minimum absolute atomic E-state index is 0.00614. The number of H-pyrrole nitrogens is 2. The molecule has 7 rings (SSSR count). The zero-order chi connectivity index (χ0) is 36.4. The van der Waals surface area contributed by atoms with Crippen LogP contribution in [-0.2, 0) is 32.3 Å². The van der Waals surface area contributed by atoms with Crippen molar-refractivity contribution < 1.29 is 28.7 Å². The van der Waals surface area contributed by atoms with Crippen molar-refractivity contribution in [1.29, 1.82) is 0 Å². The average Bonchev–Trinajstić information content (AvgIpc) is 3.95. The molecule has 14 nitrogen and oxygen atoms in total. The van der Waals surface area contributed by atoms with E-state index in [1.165, 1.54) is 7.11 Å². The molecule has 0 radical (unpaired) electrons. The topological polar surface area (TPSA) is 175 Å². The highest BCUT2D eigenvalue weighted by Crippen LogP contribution is 2.42. The fourth-order valence-corrected chi connectivity index (χ4v) is 7.39. The molecular weight excluding hydrogens is 683 g/mol. The van der Waals surface area contributed by atoms with E-state index in [-0.39, 0.29) is 45.7 Å². The van der Waals surface area contributed by atoms with Gasteiger partial charge in [0, 0.05) is 32.3 Å². The first-order valence-corrected chi connectivity index (χ1v) is 18.4. The molecule has 270 valence electrons. The fourth-order valence-electron chi connectivity index (χ4n) is 7.05. The number of ether oxygens (including phenoxy) is 2. The number of carbonyl (C=O) groups is 4. The van der Waals surface area contributed by atoms with Gasteiger partial charge in [0.25, 0.3) is 0 Å². The summed E-state index contributed by atoms with van der Waals surface area (Å²) in [4.78, 5) is 68.0. The van der Waals surface area contributed by atoms with Crippen LogP contribution in [-0.4, -0.2) is 86.5 Å². The van der Waals surface area contributed by atoms with Crippen LogP contribution in [0.3, 0.4) is 0 Å². The zero-order valence-electron chi connectivity index (χ0n) is 29.2. The summed E-state index contributed by atoms with van der Waals surface area (Å²) < 4.78 is 10.9. The molecule has 0 saturated carbocycles. The second-order valence-corrected chi connectivity index (χ2v) is 13.9.